The molecule has 0 N–H and O–H groups in total. The predicted molar refractivity (Wildman–Crippen MR) is 61.9 cm³/mol. The van der Waals surface area contributed by atoms with Crippen LogP contribution in [0.3, 0.4) is 0 Å². The number of hydrogen-bond donors (Lipinski definition) is 0. The largest absolute Gasteiger partial charge is 0.0622 e. The van der Waals surface area contributed by atoms with Gasteiger partial charge in [0.25, 0.3) is 0 Å². The van der Waals surface area contributed by atoms with Crippen molar-refractivity contribution < 1.29 is 0 Å². The maximum absolute atomic E-state index is 4.92. The normalized spacial score (nSPS) is 10.7. The maximum Gasteiger partial charge on any atom is 0.0181 e. The van der Waals surface area contributed by atoms with E-state index in [9.17, 15) is 0 Å². The molecule has 1 heteroatoms. The average Bonchev–Trinajstić information content (AvgIpc) is 2.05. The van der Waals surface area contributed by atoms with Gasteiger partial charge in [-0.05, 0) is 28.2 Å². The van der Waals surface area contributed by atoms with Crippen molar-refractivity contribution in [1.82, 2.24) is 0 Å². The fraction of sp³-hybridized carbons (Fsp3) is 0.333. The molecule has 0 spiro atoms. The lowest BCUT2D eigenvalue weighted by atomic mass is 9.83. The molecule has 0 fully saturated rings. The molecule has 0 heterocycles. The first-order chi connectivity index (χ1) is 6.05. The molecule has 0 aromatic heterocycles. The van der Waals surface area contributed by atoms with Crippen LogP contribution < -0.4 is 0 Å². The van der Waals surface area contributed by atoms with E-state index in [0.717, 1.165) is 5.57 Å². The van der Waals surface area contributed by atoms with Crippen molar-refractivity contribution in [1.29, 1.82) is 0 Å². The number of allylic oxidation sites excluding steroid dienone is 1. The zero-order chi connectivity index (χ0) is 9.90. The minimum absolute atomic E-state index is 0.0725. The van der Waals surface area contributed by atoms with Gasteiger partial charge in [-0.15, -0.1) is 0 Å². The first kappa shape index (κ1) is 10.2. The average molecular weight is 190 g/mol. The van der Waals surface area contributed by atoms with Gasteiger partial charge in [0, 0.05) is 5.57 Å². The fourth-order valence-electron chi connectivity index (χ4n) is 1.25. The summed E-state index contributed by atoms with van der Waals surface area (Å²) in [7, 11) is 0. The topological polar surface area (TPSA) is 0 Å². The van der Waals surface area contributed by atoms with Crippen LogP contribution in [0, 0.1) is 5.41 Å². The molecule has 0 aliphatic heterocycles. The van der Waals surface area contributed by atoms with Crippen LogP contribution in [-0.2, 0) is 0 Å². The van der Waals surface area contributed by atoms with E-state index in [-0.39, 0.29) is 5.41 Å². The molecule has 68 valence electrons. The van der Waals surface area contributed by atoms with Crippen LogP contribution in [0.4, 0.5) is 0 Å². The van der Waals surface area contributed by atoms with Crippen LogP contribution >= 0.6 is 12.2 Å². The van der Waals surface area contributed by atoms with Crippen LogP contribution in [0.2, 0.25) is 0 Å². The summed E-state index contributed by atoms with van der Waals surface area (Å²) in [4.78, 5) is 0. The van der Waals surface area contributed by atoms with Gasteiger partial charge in [-0.3, -0.25) is 0 Å². The van der Waals surface area contributed by atoms with Crippen molar-refractivity contribution >= 4 is 22.8 Å². The second-order valence-corrected chi connectivity index (χ2v) is 4.30. The van der Waals surface area contributed by atoms with Crippen molar-refractivity contribution in [3.63, 3.8) is 0 Å². The highest BCUT2D eigenvalue weighted by atomic mass is 32.1. The lowest BCUT2D eigenvalue weighted by Crippen LogP contribution is -2.08. The third-order valence-electron chi connectivity index (χ3n) is 1.91. The Balaban J connectivity index is 3.15. The van der Waals surface area contributed by atoms with E-state index in [1.807, 2.05) is 18.2 Å². The molecule has 1 rings (SSSR count). The van der Waals surface area contributed by atoms with E-state index in [1.165, 1.54) is 5.56 Å². The van der Waals surface area contributed by atoms with E-state index < -0.39 is 0 Å². The SMILES string of the molecule is CC(C)(C)C(=C=S)c1ccccc1. The van der Waals surface area contributed by atoms with Gasteiger partial charge in [0.2, 0.25) is 0 Å². The molecule has 0 bridgehead atoms. The van der Waals surface area contributed by atoms with Crippen LogP contribution in [0.25, 0.3) is 5.57 Å². The fourth-order valence-corrected chi connectivity index (χ4v) is 1.67. The molecule has 0 unspecified atom stereocenters. The van der Waals surface area contributed by atoms with Gasteiger partial charge in [0.05, 0.1) is 0 Å². The Morgan fingerprint density at radius 1 is 1.15 bits per heavy atom. The second-order valence-electron chi connectivity index (χ2n) is 4.09. The Hall–Kier alpha value is -0.910. The zero-order valence-electron chi connectivity index (χ0n) is 8.29. The van der Waals surface area contributed by atoms with Crippen molar-refractivity contribution in [2.75, 3.05) is 0 Å². The van der Waals surface area contributed by atoms with Gasteiger partial charge < -0.3 is 0 Å². The Morgan fingerprint density at radius 2 is 1.69 bits per heavy atom. The van der Waals surface area contributed by atoms with Crippen molar-refractivity contribution in [2.45, 2.75) is 20.8 Å². The standard InChI is InChI=1S/C12H14S/c1-12(2,3)11(9-13)10-7-5-4-6-8-10/h4-8H,1-3H3. The smallest absolute Gasteiger partial charge is 0.0181 e. The van der Waals surface area contributed by atoms with E-state index in [1.54, 1.807) is 0 Å². The minimum Gasteiger partial charge on any atom is -0.0622 e. The summed E-state index contributed by atoms with van der Waals surface area (Å²) in [6.45, 7) is 6.44. The minimum atomic E-state index is 0.0725. The van der Waals surface area contributed by atoms with Crippen molar-refractivity contribution in [2.24, 2.45) is 5.41 Å². The molecule has 1 aromatic carbocycles. The van der Waals surface area contributed by atoms with Crippen LogP contribution in [-0.4, -0.2) is 5.02 Å². The van der Waals surface area contributed by atoms with Crippen LogP contribution in [0.5, 0.6) is 0 Å². The highest BCUT2D eigenvalue weighted by molar-refractivity contribution is 7.78. The van der Waals surface area contributed by atoms with Crippen LogP contribution in [0.15, 0.2) is 30.3 Å². The zero-order valence-corrected chi connectivity index (χ0v) is 9.11. The number of benzene rings is 1. The van der Waals surface area contributed by atoms with E-state index >= 15 is 0 Å². The molecule has 0 aliphatic carbocycles. The van der Waals surface area contributed by atoms with Gasteiger partial charge in [-0.1, -0.05) is 51.1 Å². The highest BCUT2D eigenvalue weighted by Gasteiger charge is 2.18. The molecular weight excluding hydrogens is 176 g/mol. The maximum atomic E-state index is 4.92. The summed E-state index contributed by atoms with van der Waals surface area (Å²) < 4.78 is 0. The summed E-state index contributed by atoms with van der Waals surface area (Å²) in [5, 5.41) is 2.86. The van der Waals surface area contributed by atoms with Gasteiger partial charge in [-0.2, -0.15) is 0 Å². The Kier molecular flexibility index (Phi) is 3.02. The van der Waals surface area contributed by atoms with Crippen LogP contribution in [0.1, 0.15) is 26.3 Å². The molecular formula is C12H14S. The molecule has 0 amide bonds. The van der Waals surface area contributed by atoms with E-state index in [4.69, 9.17) is 12.2 Å². The molecule has 0 saturated carbocycles. The lowest BCUT2D eigenvalue weighted by molar-refractivity contribution is 0.571. The molecule has 0 nitrogen and oxygen atoms in total. The number of rotatable bonds is 1. The third kappa shape index (κ3) is 2.51. The summed E-state index contributed by atoms with van der Waals surface area (Å²) in [5.41, 5.74) is 2.34. The van der Waals surface area contributed by atoms with Gasteiger partial charge >= 0.3 is 0 Å². The van der Waals surface area contributed by atoms with Crippen molar-refractivity contribution in [3.8, 4) is 0 Å². The second kappa shape index (κ2) is 3.87. The summed E-state index contributed by atoms with van der Waals surface area (Å²) >= 11 is 4.92. The molecule has 13 heavy (non-hydrogen) atoms. The Bertz CT molecular complexity index is 324. The summed E-state index contributed by atoms with van der Waals surface area (Å²) in [6, 6.07) is 10.2. The number of thiocarbonyl (C=S) groups is 1. The molecule has 0 radical (unpaired) electrons. The van der Waals surface area contributed by atoms with Gasteiger partial charge in [-0.25, -0.2) is 0 Å². The first-order valence-electron chi connectivity index (χ1n) is 4.36. The summed E-state index contributed by atoms with van der Waals surface area (Å²) in [6.07, 6.45) is 0. The third-order valence-corrected chi connectivity index (χ3v) is 2.12. The monoisotopic (exact) mass is 190 g/mol. The molecule has 1 aromatic rings. The highest BCUT2D eigenvalue weighted by Crippen LogP contribution is 2.31. The lowest BCUT2D eigenvalue weighted by Gasteiger charge is -2.20. The van der Waals surface area contributed by atoms with Crippen molar-refractivity contribution in [3.05, 3.63) is 35.9 Å². The van der Waals surface area contributed by atoms with Gasteiger partial charge in [0.15, 0.2) is 0 Å². The number of hydrogen-bond acceptors (Lipinski definition) is 1. The first-order valence-corrected chi connectivity index (χ1v) is 4.77. The molecule has 0 aliphatic rings. The van der Waals surface area contributed by atoms with Gasteiger partial charge in [0.1, 0.15) is 0 Å². The van der Waals surface area contributed by atoms with E-state index in [2.05, 4.69) is 37.9 Å². The molecule has 0 atom stereocenters. The summed E-state index contributed by atoms with van der Waals surface area (Å²) in [5.74, 6) is 0. The molecule has 0 saturated heterocycles. The van der Waals surface area contributed by atoms with E-state index in [0.29, 0.717) is 0 Å². The Labute approximate surface area is 85.3 Å². The Morgan fingerprint density at radius 3 is 2.08 bits per heavy atom. The predicted octanol–water partition coefficient (Wildman–Crippen LogP) is 3.71. The quantitative estimate of drug-likeness (QED) is 0.608.